The predicted octanol–water partition coefficient (Wildman–Crippen LogP) is 3.71. The van der Waals surface area contributed by atoms with Gasteiger partial charge in [0.05, 0.1) is 5.25 Å². The molecule has 0 unspecified atom stereocenters. The molecule has 3 rings (SSSR count). The van der Waals surface area contributed by atoms with E-state index in [4.69, 9.17) is 4.74 Å². The molecule has 0 spiro atoms. The zero-order chi connectivity index (χ0) is 20.9. The number of anilines is 1. The molecule has 29 heavy (non-hydrogen) atoms. The standard InChI is InChI=1S/C20H27FN4O3S/c1-14(2)29(26,27)22-13-15-3-7-17(8-4-15)23-19-11-12-20(25-24-19)28-18-9-5-16(21)6-10-18/h5-6,9-12,14-15,17,22H,3-4,7-8,13H2,1-2H3,(H,23,24). The number of rotatable bonds is 8. The Hall–Kier alpha value is -2.26. The fourth-order valence-electron chi connectivity index (χ4n) is 3.20. The Morgan fingerprint density at radius 3 is 2.34 bits per heavy atom. The van der Waals surface area contributed by atoms with Crippen molar-refractivity contribution < 1.29 is 17.5 Å². The highest BCUT2D eigenvalue weighted by molar-refractivity contribution is 7.90. The van der Waals surface area contributed by atoms with E-state index in [0.29, 0.717) is 29.9 Å². The quantitative estimate of drug-likeness (QED) is 0.674. The largest absolute Gasteiger partial charge is 0.438 e. The van der Waals surface area contributed by atoms with Crippen molar-refractivity contribution >= 4 is 15.8 Å². The Bertz CT molecular complexity index is 881. The normalized spacial score (nSPS) is 19.9. The van der Waals surface area contributed by atoms with Gasteiger partial charge in [0, 0.05) is 18.7 Å². The monoisotopic (exact) mass is 422 g/mol. The summed E-state index contributed by atoms with van der Waals surface area (Å²) in [4.78, 5) is 0. The van der Waals surface area contributed by atoms with Crippen molar-refractivity contribution in [2.24, 2.45) is 5.92 Å². The number of benzene rings is 1. The van der Waals surface area contributed by atoms with Crippen LogP contribution in [0, 0.1) is 11.7 Å². The van der Waals surface area contributed by atoms with Gasteiger partial charge in [0.2, 0.25) is 15.9 Å². The third-order valence-corrected chi connectivity index (χ3v) is 6.88. The highest BCUT2D eigenvalue weighted by Gasteiger charge is 2.24. The van der Waals surface area contributed by atoms with Crippen LogP contribution >= 0.6 is 0 Å². The van der Waals surface area contributed by atoms with Crippen LogP contribution in [0.2, 0.25) is 0 Å². The summed E-state index contributed by atoms with van der Waals surface area (Å²) in [5.41, 5.74) is 0. The van der Waals surface area contributed by atoms with Gasteiger partial charge in [0.25, 0.3) is 0 Å². The summed E-state index contributed by atoms with van der Waals surface area (Å²) in [5.74, 6) is 1.53. The smallest absolute Gasteiger partial charge is 0.238 e. The second kappa shape index (κ2) is 9.49. The number of aromatic nitrogens is 2. The van der Waals surface area contributed by atoms with Gasteiger partial charge in [-0.1, -0.05) is 0 Å². The second-order valence-electron chi connectivity index (χ2n) is 7.62. The Morgan fingerprint density at radius 1 is 1.07 bits per heavy atom. The van der Waals surface area contributed by atoms with E-state index in [1.165, 1.54) is 24.3 Å². The van der Waals surface area contributed by atoms with Crippen molar-refractivity contribution in [3.05, 3.63) is 42.2 Å². The minimum atomic E-state index is -3.20. The van der Waals surface area contributed by atoms with Crippen LogP contribution in [0.5, 0.6) is 11.6 Å². The molecule has 9 heteroatoms. The zero-order valence-corrected chi connectivity index (χ0v) is 17.5. The second-order valence-corrected chi connectivity index (χ2v) is 9.94. The van der Waals surface area contributed by atoms with Gasteiger partial charge in [-0.2, -0.15) is 0 Å². The van der Waals surface area contributed by atoms with Crippen LogP contribution in [-0.2, 0) is 10.0 Å². The fraction of sp³-hybridized carbons (Fsp3) is 0.500. The molecule has 1 fully saturated rings. The van der Waals surface area contributed by atoms with Gasteiger partial charge in [-0.3, -0.25) is 0 Å². The summed E-state index contributed by atoms with van der Waals surface area (Å²) < 4.78 is 44.9. The maximum absolute atomic E-state index is 12.9. The van der Waals surface area contributed by atoms with Crippen molar-refractivity contribution in [1.82, 2.24) is 14.9 Å². The van der Waals surface area contributed by atoms with Crippen LogP contribution in [0.25, 0.3) is 0 Å². The van der Waals surface area contributed by atoms with Crippen molar-refractivity contribution in [3.63, 3.8) is 0 Å². The number of hydrogen-bond donors (Lipinski definition) is 2. The number of nitrogens with zero attached hydrogens (tertiary/aromatic N) is 2. The van der Waals surface area contributed by atoms with Gasteiger partial charge in [-0.05, 0) is 75.8 Å². The van der Waals surface area contributed by atoms with Crippen molar-refractivity contribution in [2.75, 3.05) is 11.9 Å². The molecule has 158 valence electrons. The van der Waals surface area contributed by atoms with Gasteiger partial charge in [-0.25, -0.2) is 17.5 Å². The zero-order valence-electron chi connectivity index (χ0n) is 16.6. The van der Waals surface area contributed by atoms with Gasteiger partial charge in [0.1, 0.15) is 17.4 Å². The lowest BCUT2D eigenvalue weighted by molar-refractivity contribution is 0.336. The molecule has 0 saturated heterocycles. The number of nitrogens with one attached hydrogen (secondary N) is 2. The van der Waals surface area contributed by atoms with E-state index in [0.717, 1.165) is 25.7 Å². The summed E-state index contributed by atoms with van der Waals surface area (Å²) >= 11 is 0. The van der Waals surface area contributed by atoms with Gasteiger partial charge < -0.3 is 10.1 Å². The first kappa shape index (κ1) is 21.4. The van der Waals surface area contributed by atoms with Crippen molar-refractivity contribution in [2.45, 2.75) is 50.8 Å². The van der Waals surface area contributed by atoms with Crippen LogP contribution in [0.4, 0.5) is 10.2 Å². The highest BCUT2D eigenvalue weighted by Crippen LogP contribution is 2.26. The first-order valence-corrected chi connectivity index (χ1v) is 11.4. The molecule has 2 aromatic rings. The minimum absolute atomic E-state index is 0.283. The average Bonchev–Trinajstić information content (AvgIpc) is 2.70. The number of sulfonamides is 1. The molecule has 0 aliphatic heterocycles. The first-order chi connectivity index (χ1) is 13.8. The van der Waals surface area contributed by atoms with Crippen molar-refractivity contribution in [3.8, 4) is 11.6 Å². The average molecular weight is 423 g/mol. The summed E-state index contributed by atoms with van der Waals surface area (Å²) in [6, 6.07) is 9.50. The van der Waals surface area contributed by atoms with Crippen molar-refractivity contribution in [1.29, 1.82) is 0 Å². The topological polar surface area (TPSA) is 93.2 Å². The molecule has 1 saturated carbocycles. The Balaban J connectivity index is 1.44. The highest BCUT2D eigenvalue weighted by atomic mass is 32.2. The summed E-state index contributed by atoms with van der Waals surface area (Å²) in [5, 5.41) is 11.2. The Morgan fingerprint density at radius 2 is 1.76 bits per heavy atom. The van der Waals surface area contributed by atoms with E-state index in [1.54, 1.807) is 26.0 Å². The molecule has 1 aliphatic rings. The van der Waals surface area contributed by atoms with E-state index in [-0.39, 0.29) is 11.9 Å². The number of hydrogen-bond acceptors (Lipinski definition) is 6. The third kappa shape index (κ3) is 6.37. The number of halogens is 1. The third-order valence-electron chi connectivity index (χ3n) is 5.07. The molecule has 0 bridgehead atoms. The maximum Gasteiger partial charge on any atom is 0.238 e. The van der Waals surface area contributed by atoms with E-state index < -0.39 is 15.3 Å². The minimum Gasteiger partial charge on any atom is -0.438 e. The molecule has 7 nitrogen and oxygen atoms in total. The lowest BCUT2D eigenvalue weighted by atomic mass is 9.86. The van der Waals surface area contributed by atoms with Crippen LogP contribution < -0.4 is 14.8 Å². The van der Waals surface area contributed by atoms with E-state index in [1.807, 2.05) is 0 Å². The van der Waals surface area contributed by atoms with Gasteiger partial charge in [-0.15, -0.1) is 10.2 Å². The Kier molecular flexibility index (Phi) is 7.02. The molecule has 1 aliphatic carbocycles. The lowest BCUT2D eigenvalue weighted by Gasteiger charge is -2.29. The molecule has 0 atom stereocenters. The molecular weight excluding hydrogens is 395 g/mol. The van der Waals surface area contributed by atoms with Gasteiger partial charge >= 0.3 is 0 Å². The molecular formula is C20H27FN4O3S. The van der Waals surface area contributed by atoms with Crippen LogP contribution in [0.3, 0.4) is 0 Å². The molecule has 0 radical (unpaired) electrons. The summed E-state index contributed by atoms with van der Waals surface area (Å²) in [6.45, 7) is 3.86. The van der Waals surface area contributed by atoms with E-state index in [2.05, 4.69) is 20.2 Å². The molecule has 0 amide bonds. The molecule has 1 heterocycles. The molecule has 2 N–H and O–H groups in total. The lowest BCUT2D eigenvalue weighted by Crippen LogP contribution is -2.37. The fourth-order valence-corrected chi connectivity index (χ4v) is 4.00. The van der Waals surface area contributed by atoms with E-state index in [9.17, 15) is 12.8 Å². The van der Waals surface area contributed by atoms with Crippen LogP contribution in [0.1, 0.15) is 39.5 Å². The van der Waals surface area contributed by atoms with Crippen LogP contribution in [-0.4, -0.2) is 36.5 Å². The van der Waals surface area contributed by atoms with E-state index >= 15 is 0 Å². The van der Waals surface area contributed by atoms with Crippen LogP contribution in [0.15, 0.2) is 36.4 Å². The molecule has 1 aromatic heterocycles. The first-order valence-electron chi connectivity index (χ1n) is 9.84. The SMILES string of the molecule is CC(C)S(=O)(=O)NCC1CCC(Nc2ccc(Oc3ccc(F)cc3)nn2)CC1. The maximum atomic E-state index is 12.9. The predicted molar refractivity (Wildman–Crippen MR) is 110 cm³/mol. The molecule has 1 aromatic carbocycles. The summed E-state index contributed by atoms with van der Waals surface area (Å²) in [6.07, 6.45) is 3.81. The number of ether oxygens (including phenoxy) is 1. The summed E-state index contributed by atoms with van der Waals surface area (Å²) in [7, 11) is -3.20. The Labute approximate surface area is 171 Å². The van der Waals surface area contributed by atoms with Gasteiger partial charge in [0.15, 0.2) is 0 Å².